The molecule has 1 aliphatic heterocycles. The highest BCUT2D eigenvalue weighted by Gasteiger charge is 2.34. The second-order valence-corrected chi connectivity index (χ2v) is 6.32. The molecule has 1 unspecified atom stereocenters. The third-order valence-electron chi connectivity index (χ3n) is 4.14. The van der Waals surface area contributed by atoms with Crippen LogP contribution in [0.1, 0.15) is 32.1 Å². The minimum atomic E-state index is 0.203. The van der Waals surface area contributed by atoms with Crippen molar-refractivity contribution in [3.63, 3.8) is 0 Å². The number of fused-ring (bicyclic) bond motifs is 1. The van der Waals surface area contributed by atoms with E-state index in [-0.39, 0.29) is 6.04 Å². The van der Waals surface area contributed by atoms with Gasteiger partial charge in [0.15, 0.2) is 0 Å². The van der Waals surface area contributed by atoms with E-state index in [9.17, 15) is 0 Å². The normalized spacial score (nSPS) is 21.0. The number of hydrogen-bond acceptors (Lipinski definition) is 3. The van der Waals surface area contributed by atoms with E-state index in [2.05, 4.69) is 30.9 Å². The maximum Gasteiger partial charge on any atom is 0.134 e. The monoisotopic (exact) mass is 258 g/mol. The van der Waals surface area contributed by atoms with Crippen molar-refractivity contribution >= 4 is 11.0 Å². The number of para-hydroxylation sites is 1. The van der Waals surface area contributed by atoms with Gasteiger partial charge in [-0.3, -0.25) is 4.90 Å². The average Bonchev–Trinajstić information content (AvgIpc) is 2.94. The summed E-state index contributed by atoms with van der Waals surface area (Å²) in [5, 5.41) is 1.16. The second-order valence-electron chi connectivity index (χ2n) is 6.32. The molecule has 1 fully saturated rings. The SMILES string of the molecule is CC1(C)CCN(C(CN)c2cc3ccccc3o2)C1. The Hall–Kier alpha value is -1.32. The molecule has 0 spiro atoms. The van der Waals surface area contributed by atoms with Gasteiger partial charge in [-0.2, -0.15) is 0 Å². The van der Waals surface area contributed by atoms with Gasteiger partial charge in [-0.15, -0.1) is 0 Å². The Balaban J connectivity index is 1.90. The van der Waals surface area contributed by atoms with E-state index in [0.29, 0.717) is 12.0 Å². The fourth-order valence-electron chi connectivity index (χ4n) is 3.03. The van der Waals surface area contributed by atoms with Crippen LogP contribution < -0.4 is 5.73 Å². The predicted molar refractivity (Wildman–Crippen MR) is 78.0 cm³/mol. The zero-order chi connectivity index (χ0) is 13.5. The van der Waals surface area contributed by atoms with Crippen LogP contribution in [-0.4, -0.2) is 24.5 Å². The lowest BCUT2D eigenvalue weighted by atomic mass is 9.93. The molecule has 1 aliphatic rings. The predicted octanol–water partition coefficient (Wildman–Crippen LogP) is 3.16. The number of nitrogens with two attached hydrogens (primary N) is 1. The van der Waals surface area contributed by atoms with Crippen molar-refractivity contribution in [2.24, 2.45) is 11.1 Å². The van der Waals surface area contributed by atoms with Crippen LogP contribution in [-0.2, 0) is 0 Å². The smallest absolute Gasteiger partial charge is 0.134 e. The molecule has 0 saturated carbocycles. The van der Waals surface area contributed by atoms with Gasteiger partial charge in [0.05, 0.1) is 6.04 Å². The lowest BCUT2D eigenvalue weighted by Crippen LogP contribution is -2.32. The van der Waals surface area contributed by atoms with Gasteiger partial charge in [0, 0.05) is 18.5 Å². The fourth-order valence-corrected chi connectivity index (χ4v) is 3.03. The lowest BCUT2D eigenvalue weighted by Gasteiger charge is -2.26. The zero-order valence-electron chi connectivity index (χ0n) is 11.7. The Bertz CT molecular complexity index is 540. The second kappa shape index (κ2) is 4.66. The van der Waals surface area contributed by atoms with Crippen molar-refractivity contribution in [3.8, 4) is 0 Å². The summed E-state index contributed by atoms with van der Waals surface area (Å²) in [6.07, 6.45) is 1.23. The Morgan fingerprint density at radius 1 is 1.37 bits per heavy atom. The first-order chi connectivity index (χ1) is 9.09. The van der Waals surface area contributed by atoms with Gasteiger partial charge in [-0.1, -0.05) is 32.0 Å². The average molecular weight is 258 g/mol. The molecule has 3 nitrogen and oxygen atoms in total. The largest absolute Gasteiger partial charge is 0.459 e. The number of furan rings is 1. The van der Waals surface area contributed by atoms with E-state index in [1.54, 1.807) is 0 Å². The van der Waals surface area contributed by atoms with Crippen molar-refractivity contribution < 1.29 is 4.42 Å². The standard InChI is InChI=1S/C16H22N2O/c1-16(2)7-8-18(11-16)13(10-17)15-9-12-5-3-4-6-14(12)19-15/h3-6,9,13H,7-8,10-11,17H2,1-2H3. The zero-order valence-corrected chi connectivity index (χ0v) is 11.7. The van der Waals surface area contributed by atoms with Crippen molar-refractivity contribution in [2.45, 2.75) is 26.3 Å². The Morgan fingerprint density at radius 3 is 2.79 bits per heavy atom. The molecule has 1 aromatic carbocycles. The number of hydrogen-bond donors (Lipinski definition) is 1. The molecule has 0 radical (unpaired) electrons. The summed E-state index contributed by atoms with van der Waals surface area (Å²) in [4.78, 5) is 2.46. The molecule has 1 aromatic heterocycles. The topological polar surface area (TPSA) is 42.4 Å². The molecule has 1 saturated heterocycles. The number of likely N-dealkylation sites (tertiary alicyclic amines) is 1. The third-order valence-corrected chi connectivity index (χ3v) is 4.14. The van der Waals surface area contributed by atoms with E-state index in [4.69, 9.17) is 10.2 Å². The molecule has 3 heteroatoms. The van der Waals surface area contributed by atoms with Crippen molar-refractivity contribution in [1.29, 1.82) is 0 Å². The minimum absolute atomic E-state index is 0.203. The molecule has 0 bridgehead atoms. The van der Waals surface area contributed by atoms with E-state index < -0.39 is 0 Å². The summed E-state index contributed by atoms with van der Waals surface area (Å²) in [6.45, 7) is 7.44. The summed E-state index contributed by atoms with van der Waals surface area (Å²) in [5.74, 6) is 1.00. The van der Waals surface area contributed by atoms with Crippen molar-refractivity contribution in [1.82, 2.24) is 4.90 Å². The van der Waals surface area contributed by atoms with Crippen LogP contribution >= 0.6 is 0 Å². The molecular formula is C16H22N2O. The summed E-state index contributed by atoms with van der Waals surface area (Å²) in [5.41, 5.74) is 7.33. The summed E-state index contributed by atoms with van der Waals surface area (Å²) in [6, 6.07) is 10.5. The molecule has 0 aliphatic carbocycles. The van der Waals surface area contributed by atoms with Crippen LogP contribution in [0.25, 0.3) is 11.0 Å². The van der Waals surface area contributed by atoms with Crippen molar-refractivity contribution in [3.05, 3.63) is 36.1 Å². The van der Waals surface area contributed by atoms with E-state index in [1.807, 2.05) is 18.2 Å². The van der Waals surface area contributed by atoms with Gasteiger partial charge in [-0.25, -0.2) is 0 Å². The van der Waals surface area contributed by atoms with E-state index in [1.165, 1.54) is 6.42 Å². The maximum absolute atomic E-state index is 5.99. The molecule has 2 N–H and O–H groups in total. The number of nitrogens with zero attached hydrogens (tertiary/aromatic N) is 1. The minimum Gasteiger partial charge on any atom is -0.459 e. The van der Waals surface area contributed by atoms with Crippen LogP contribution in [0.2, 0.25) is 0 Å². The first-order valence-corrected chi connectivity index (χ1v) is 7.02. The Kier molecular flexibility index (Phi) is 3.11. The van der Waals surface area contributed by atoms with Crippen molar-refractivity contribution in [2.75, 3.05) is 19.6 Å². The molecule has 2 heterocycles. The lowest BCUT2D eigenvalue weighted by molar-refractivity contribution is 0.202. The maximum atomic E-state index is 5.99. The molecule has 1 atom stereocenters. The molecule has 2 aromatic rings. The van der Waals surface area contributed by atoms with Crippen LogP contribution in [0.15, 0.2) is 34.7 Å². The highest BCUT2D eigenvalue weighted by atomic mass is 16.3. The number of benzene rings is 1. The molecule has 0 amide bonds. The quantitative estimate of drug-likeness (QED) is 0.919. The van der Waals surface area contributed by atoms with Gasteiger partial charge >= 0.3 is 0 Å². The summed E-state index contributed by atoms with van der Waals surface area (Å²) >= 11 is 0. The van der Waals surface area contributed by atoms with Crippen LogP contribution in [0.4, 0.5) is 0 Å². The first-order valence-electron chi connectivity index (χ1n) is 7.02. The number of rotatable bonds is 3. The van der Waals surface area contributed by atoms with Crippen LogP contribution in [0.5, 0.6) is 0 Å². The van der Waals surface area contributed by atoms with Gasteiger partial charge in [0.25, 0.3) is 0 Å². The summed E-state index contributed by atoms with van der Waals surface area (Å²) in [7, 11) is 0. The highest BCUT2D eigenvalue weighted by molar-refractivity contribution is 5.77. The van der Waals surface area contributed by atoms with Crippen LogP contribution in [0, 0.1) is 5.41 Å². The highest BCUT2D eigenvalue weighted by Crippen LogP contribution is 2.35. The Morgan fingerprint density at radius 2 is 2.16 bits per heavy atom. The van der Waals surface area contributed by atoms with Gasteiger partial charge in [0.2, 0.25) is 0 Å². The van der Waals surface area contributed by atoms with E-state index >= 15 is 0 Å². The fraction of sp³-hybridized carbons (Fsp3) is 0.500. The van der Waals surface area contributed by atoms with Crippen LogP contribution in [0.3, 0.4) is 0 Å². The Labute approximate surface area is 114 Å². The summed E-state index contributed by atoms with van der Waals surface area (Å²) < 4.78 is 5.98. The third kappa shape index (κ3) is 2.40. The van der Waals surface area contributed by atoms with Gasteiger partial charge in [-0.05, 0) is 30.5 Å². The van der Waals surface area contributed by atoms with E-state index in [0.717, 1.165) is 29.8 Å². The molecule has 3 rings (SSSR count). The van der Waals surface area contributed by atoms with Gasteiger partial charge < -0.3 is 10.2 Å². The first kappa shape index (κ1) is 12.7. The molecule has 19 heavy (non-hydrogen) atoms. The molecule has 102 valence electrons. The van der Waals surface area contributed by atoms with Gasteiger partial charge in [0.1, 0.15) is 11.3 Å². The molecular weight excluding hydrogens is 236 g/mol.